The summed E-state index contributed by atoms with van der Waals surface area (Å²) in [7, 11) is 0. The normalized spacial score (nSPS) is 12.0. The molecule has 5 aromatic carbocycles. The Morgan fingerprint density at radius 2 is 1.20 bits per heavy atom. The number of aromatic nitrogens is 2. The second-order valence-corrected chi connectivity index (χ2v) is 7.91. The first-order valence-electron chi connectivity index (χ1n) is 10.3. The monoisotopic (exact) mass is 382 g/mol. The summed E-state index contributed by atoms with van der Waals surface area (Å²) < 4.78 is 2.42. The smallest absolute Gasteiger partial charge is 0.0641 e. The molecule has 0 fully saturated rings. The van der Waals surface area contributed by atoms with E-state index in [-0.39, 0.29) is 0 Å². The van der Waals surface area contributed by atoms with Crippen LogP contribution in [0.2, 0.25) is 0 Å². The van der Waals surface area contributed by atoms with Gasteiger partial charge in [-0.05, 0) is 41.1 Å². The molecule has 2 aromatic heterocycles. The van der Waals surface area contributed by atoms with Crippen LogP contribution in [0.1, 0.15) is 0 Å². The van der Waals surface area contributed by atoms with Crippen LogP contribution < -0.4 is 0 Å². The molecule has 7 aromatic rings. The molecule has 2 heterocycles. The van der Waals surface area contributed by atoms with Gasteiger partial charge in [0.1, 0.15) is 0 Å². The largest absolute Gasteiger partial charge is 0.354 e. The van der Waals surface area contributed by atoms with Crippen molar-refractivity contribution in [2.24, 2.45) is 0 Å². The molecular weight excluding hydrogens is 364 g/mol. The fourth-order valence-electron chi connectivity index (χ4n) is 5.05. The lowest BCUT2D eigenvalue weighted by molar-refractivity contribution is 1.19. The van der Waals surface area contributed by atoms with Gasteiger partial charge in [0.25, 0.3) is 0 Å². The number of H-pyrrole nitrogens is 1. The summed E-state index contributed by atoms with van der Waals surface area (Å²) >= 11 is 0. The third-order valence-corrected chi connectivity index (χ3v) is 6.30. The van der Waals surface area contributed by atoms with Crippen molar-refractivity contribution in [1.29, 1.82) is 0 Å². The minimum absolute atomic E-state index is 1.17. The number of fused-ring (bicyclic) bond motifs is 9. The highest BCUT2D eigenvalue weighted by Crippen LogP contribution is 2.41. The molecule has 0 unspecified atom stereocenters. The highest BCUT2D eigenvalue weighted by Gasteiger charge is 2.18. The van der Waals surface area contributed by atoms with E-state index < -0.39 is 0 Å². The number of benzene rings is 5. The SMILES string of the molecule is c1ccc(-n2c3ccccc3c3ccc4[nH]c5ccc6ccccc6c5c4c32)cc1. The zero-order chi connectivity index (χ0) is 19.7. The van der Waals surface area contributed by atoms with Gasteiger partial charge in [-0.25, -0.2) is 0 Å². The summed E-state index contributed by atoms with van der Waals surface area (Å²) in [6.07, 6.45) is 0. The van der Waals surface area contributed by atoms with E-state index >= 15 is 0 Å². The van der Waals surface area contributed by atoms with Crippen molar-refractivity contribution in [3.8, 4) is 5.69 Å². The van der Waals surface area contributed by atoms with Crippen molar-refractivity contribution < 1.29 is 0 Å². The Hall–Kier alpha value is -4.04. The minimum Gasteiger partial charge on any atom is -0.354 e. The Kier molecular flexibility index (Phi) is 3.03. The van der Waals surface area contributed by atoms with Crippen LogP contribution in [0.25, 0.3) is 60.1 Å². The molecule has 30 heavy (non-hydrogen) atoms. The van der Waals surface area contributed by atoms with E-state index in [9.17, 15) is 0 Å². The summed E-state index contributed by atoms with van der Waals surface area (Å²) in [5.41, 5.74) is 6.05. The second kappa shape index (κ2) is 5.74. The Bertz CT molecular complexity index is 1730. The molecule has 2 heteroatoms. The van der Waals surface area contributed by atoms with E-state index in [0.29, 0.717) is 0 Å². The lowest BCUT2D eigenvalue weighted by atomic mass is 10.0. The van der Waals surface area contributed by atoms with Gasteiger partial charge in [0, 0.05) is 38.3 Å². The molecular formula is C28H18N2. The van der Waals surface area contributed by atoms with E-state index in [4.69, 9.17) is 0 Å². The zero-order valence-electron chi connectivity index (χ0n) is 16.3. The van der Waals surface area contributed by atoms with Gasteiger partial charge in [-0.3, -0.25) is 0 Å². The number of rotatable bonds is 1. The average Bonchev–Trinajstić information content (AvgIpc) is 3.35. The topological polar surface area (TPSA) is 20.7 Å². The molecule has 0 saturated heterocycles. The maximum Gasteiger partial charge on any atom is 0.0641 e. The first-order chi connectivity index (χ1) is 14.9. The molecule has 140 valence electrons. The molecule has 0 radical (unpaired) electrons. The van der Waals surface area contributed by atoms with Crippen LogP contribution in [0.5, 0.6) is 0 Å². The van der Waals surface area contributed by atoms with E-state index in [2.05, 4.69) is 113 Å². The van der Waals surface area contributed by atoms with Crippen molar-refractivity contribution in [3.05, 3.63) is 103 Å². The summed E-state index contributed by atoms with van der Waals surface area (Å²) in [4.78, 5) is 3.67. The molecule has 0 spiro atoms. The third kappa shape index (κ3) is 1.98. The Morgan fingerprint density at radius 3 is 2.10 bits per heavy atom. The number of nitrogens with zero attached hydrogens (tertiary/aromatic N) is 1. The van der Waals surface area contributed by atoms with Gasteiger partial charge in [0.15, 0.2) is 0 Å². The Labute approximate surface area is 173 Å². The molecule has 0 aliphatic rings. The summed E-state index contributed by atoms with van der Waals surface area (Å²) in [6, 6.07) is 37.0. The maximum absolute atomic E-state index is 3.67. The van der Waals surface area contributed by atoms with E-state index in [1.165, 1.54) is 60.1 Å². The number of nitrogens with one attached hydrogen (secondary N) is 1. The first kappa shape index (κ1) is 15.8. The summed E-state index contributed by atoms with van der Waals surface area (Å²) in [5, 5.41) is 7.72. The predicted octanol–water partition coefficient (Wildman–Crippen LogP) is 7.57. The molecule has 0 atom stereocenters. The third-order valence-electron chi connectivity index (χ3n) is 6.30. The highest BCUT2D eigenvalue weighted by molar-refractivity contribution is 6.30. The van der Waals surface area contributed by atoms with Crippen molar-refractivity contribution in [3.63, 3.8) is 0 Å². The van der Waals surface area contributed by atoms with Crippen molar-refractivity contribution in [1.82, 2.24) is 9.55 Å². The van der Waals surface area contributed by atoms with Gasteiger partial charge >= 0.3 is 0 Å². The molecule has 1 N–H and O–H groups in total. The van der Waals surface area contributed by atoms with Crippen LogP contribution in [0.3, 0.4) is 0 Å². The summed E-state index contributed by atoms with van der Waals surface area (Å²) in [5.74, 6) is 0. The zero-order valence-corrected chi connectivity index (χ0v) is 16.3. The fourth-order valence-corrected chi connectivity index (χ4v) is 5.05. The van der Waals surface area contributed by atoms with Gasteiger partial charge in [-0.1, -0.05) is 72.8 Å². The highest BCUT2D eigenvalue weighted by atomic mass is 15.0. The lowest BCUT2D eigenvalue weighted by Gasteiger charge is -2.09. The van der Waals surface area contributed by atoms with Crippen LogP contribution in [-0.2, 0) is 0 Å². The van der Waals surface area contributed by atoms with Crippen molar-refractivity contribution in [2.75, 3.05) is 0 Å². The van der Waals surface area contributed by atoms with E-state index in [0.717, 1.165) is 0 Å². The van der Waals surface area contributed by atoms with Gasteiger partial charge in [0.05, 0.1) is 11.0 Å². The van der Waals surface area contributed by atoms with Crippen molar-refractivity contribution >= 4 is 54.4 Å². The predicted molar refractivity (Wildman–Crippen MR) is 128 cm³/mol. The molecule has 7 rings (SSSR count). The van der Waals surface area contributed by atoms with Crippen LogP contribution >= 0.6 is 0 Å². The number of hydrogen-bond donors (Lipinski definition) is 1. The fraction of sp³-hybridized carbons (Fsp3) is 0. The lowest BCUT2D eigenvalue weighted by Crippen LogP contribution is -1.93. The van der Waals surface area contributed by atoms with Gasteiger partial charge < -0.3 is 9.55 Å². The van der Waals surface area contributed by atoms with Crippen LogP contribution in [0, 0.1) is 0 Å². The molecule has 0 aliphatic carbocycles. The van der Waals surface area contributed by atoms with Crippen molar-refractivity contribution in [2.45, 2.75) is 0 Å². The van der Waals surface area contributed by atoms with Crippen LogP contribution in [-0.4, -0.2) is 9.55 Å². The Balaban J connectivity index is 1.83. The Morgan fingerprint density at radius 1 is 0.500 bits per heavy atom. The maximum atomic E-state index is 3.67. The first-order valence-corrected chi connectivity index (χ1v) is 10.3. The van der Waals surface area contributed by atoms with Crippen LogP contribution in [0.15, 0.2) is 103 Å². The van der Waals surface area contributed by atoms with Gasteiger partial charge in [0.2, 0.25) is 0 Å². The summed E-state index contributed by atoms with van der Waals surface area (Å²) in [6.45, 7) is 0. The number of aromatic amines is 1. The van der Waals surface area contributed by atoms with Gasteiger partial charge in [-0.2, -0.15) is 0 Å². The van der Waals surface area contributed by atoms with E-state index in [1.54, 1.807) is 0 Å². The molecule has 0 amide bonds. The molecule has 2 nitrogen and oxygen atoms in total. The second-order valence-electron chi connectivity index (χ2n) is 7.91. The standard InChI is InChI=1S/C28H18N2/c1-2-9-19(10-3-1)30-25-13-7-6-12-21(25)22-15-17-24-27(28(22)30)26-20-11-5-4-8-18(20)14-16-23(26)29-24/h1-17,29H. The number of para-hydroxylation sites is 2. The number of hydrogen-bond acceptors (Lipinski definition) is 0. The quantitative estimate of drug-likeness (QED) is 0.302. The van der Waals surface area contributed by atoms with Gasteiger partial charge in [-0.15, -0.1) is 0 Å². The molecule has 0 aliphatic heterocycles. The minimum atomic E-state index is 1.17. The average molecular weight is 382 g/mol. The molecule has 0 bridgehead atoms. The van der Waals surface area contributed by atoms with E-state index in [1.807, 2.05) is 0 Å². The van der Waals surface area contributed by atoms with Crippen LogP contribution in [0.4, 0.5) is 0 Å². The molecule has 0 saturated carbocycles.